The number of ketones is 1. The van der Waals surface area contributed by atoms with Crippen molar-refractivity contribution >= 4 is 17.3 Å². The monoisotopic (exact) mass is 396 g/mol. The standard InChI is InChI=1S/C23H20N6O/c1-14-27-20(12-22(25)28-14)17-9-10-26-13-16(17)11-21(30)23-18(24)7-8-19(29-23)15-5-3-2-4-6-15/h2-10,12-13H,11,24H2,1H3,(H2,25,27,28). The third-order valence-electron chi connectivity index (χ3n) is 4.65. The van der Waals surface area contributed by atoms with E-state index in [0.717, 1.165) is 11.1 Å². The molecule has 4 N–H and O–H groups in total. The van der Waals surface area contributed by atoms with Gasteiger partial charge in [-0.3, -0.25) is 9.78 Å². The van der Waals surface area contributed by atoms with Crippen LogP contribution in [0.4, 0.5) is 11.5 Å². The van der Waals surface area contributed by atoms with Crippen molar-refractivity contribution < 1.29 is 4.79 Å². The number of nitrogen functional groups attached to an aromatic ring is 2. The molecule has 0 radical (unpaired) electrons. The molecular weight excluding hydrogens is 376 g/mol. The zero-order chi connectivity index (χ0) is 21.1. The van der Waals surface area contributed by atoms with Crippen LogP contribution >= 0.6 is 0 Å². The molecule has 0 unspecified atom stereocenters. The topological polar surface area (TPSA) is 121 Å². The zero-order valence-electron chi connectivity index (χ0n) is 16.4. The van der Waals surface area contributed by atoms with E-state index in [-0.39, 0.29) is 17.9 Å². The molecule has 7 nitrogen and oxygen atoms in total. The molecule has 3 heterocycles. The van der Waals surface area contributed by atoms with E-state index in [1.807, 2.05) is 36.4 Å². The number of nitrogens with zero attached hydrogens (tertiary/aromatic N) is 4. The highest BCUT2D eigenvalue weighted by Crippen LogP contribution is 2.25. The maximum atomic E-state index is 13.1. The third-order valence-corrected chi connectivity index (χ3v) is 4.65. The molecule has 0 fully saturated rings. The lowest BCUT2D eigenvalue weighted by molar-refractivity contribution is 0.0989. The highest BCUT2D eigenvalue weighted by Gasteiger charge is 2.17. The molecule has 0 aliphatic rings. The molecule has 0 spiro atoms. The highest BCUT2D eigenvalue weighted by atomic mass is 16.1. The van der Waals surface area contributed by atoms with Gasteiger partial charge in [-0.2, -0.15) is 0 Å². The maximum absolute atomic E-state index is 13.1. The zero-order valence-corrected chi connectivity index (χ0v) is 16.4. The Hall–Kier alpha value is -4.13. The van der Waals surface area contributed by atoms with Gasteiger partial charge in [0, 0.05) is 36.0 Å². The summed E-state index contributed by atoms with van der Waals surface area (Å²) >= 11 is 0. The predicted molar refractivity (Wildman–Crippen MR) is 117 cm³/mol. The second kappa shape index (κ2) is 8.08. The molecule has 0 aliphatic heterocycles. The van der Waals surface area contributed by atoms with E-state index in [9.17, 15) is 4.79 Å². The number of benzene rings is 1. The molecule has 0 saturated carbocycles. The van der Waals surface area contributed by atoms with Gasteiger partial charge in [0.1, 0.15) is 17.3 Å². The number of Topliss-reactive ketones (excluding diaryl/α,β-unsaturated/α-hetero) is 1. The number of hydrogen-bond acceptors (Lipinski definition) is 7. The number of aryl methyl sites for hydroxylation is 1. The number of aromatic nitrogens is 4. The minimum absolute atomic E-state index is 0.0849. The molecule has 30 heavy (non-hydrogen) atoms. The molecule has 0 atom stereocenters. The SMILES string of the molecule is Cc1nc(N)cc(-c2ccncc2CC(=O)c2nc(-c3ccccc3)ccc2N)n1. The van der Waals surface area contributed by atoms with Gasteiger partial charge in [0.25, 0.3) is 0 Å². The Morgan fingerprint density at radius 2 is 1.73 bits per heavy atom. The summed E-state index contributed by atoms with van der Waals surface area (Å²) in [6.07, 6.45) is 3.39. The molecule has 4 aromatic rings. The van der Waals surface area contributed by atoms with Crippen LogP contribution in [-0.2, 0) is 6.42 Å². The van der Waals surface area contributed by atoms with E-state index >= 15 is 0 Å². The molecule has 0 amide bonds. The van der Waals surface area contributed by atoms with Crippen molar-refractivity contribution in [3.8, 4) is 22.5 Å². The van der Waals surface area contributed by atoms with Gasteiger partial charge in [0.05, 0.1) is 17.1 Å². The first-order valence-electron chi connectivity index (χ1n) is 9.41. The smallest absolute Gasteiger partial charge is 0.187 e. The molecule has 0 aliphatic carbocycles. The van der Waals surface area contributed by atoms with E-state index in [0.29, 0.717) is 34.3 Å². The van der Waals surface area contributed by atoms with E-state index in [1.54, 1.807) is 37.5 Å². The lowest BCUT2D eigenvalue weighted by Gasteiger charge is -2.11. The molecule has 0 bridgehead atoms. The van der Waals surface area contributed by atoms with Crippen LogP contribution in [-0.4, -0.2) is 25.7 Å². The van der Waals surface area contributed by atoms with Crippen LogP contribution < -0.4 is 11.5 Å². The first kappa shape index (κ1) is 19.2. The second-order valence-corrected chi connectivity index (χ2v) is 6.86. The molecule has 1 aromatic carbocycles. The van der Waals surface area contributed by atoms with Gasteiger partial charge >= 0.3 is 0 Å². The first-order valence-corrected chi connectivity index (χ1v) is 9.41. The second-order valence-electron chi connectivity index (χ2n) is 6.86. The Balaban J connectivity index is 1.69. The summed E-state index contributed by atoms with van der Waals surface area (Å²) in [7, 11) is 0. The number of rotatable bonds is 5. The van der Waals surface area contributed by atoms with Crippen molar-refractivity contribution in [2.75, 3.05) is 11.5 Å². The summed E-state index contributed by atoms with van der Waals surface area (Å²) in [4.78, 5) is 30.4. The van der Waals surface area contributed by atoms with Crippen molar-refractivity contribution in [3.05, 3.63) is 84.1 Å². The largest absolute Gasteiger partial charge is 0.397 e. The van der Waals surface area contributed by atoms with Crippen LogP contribution in [0.3, 0.4) is 0 Å². The van der Waals surface area contributed by atoms with Crippen molar-refractivity contribution in [2.45, 2.75) is 13.3 Å². The molecule has 4 rings (SSSR count). The quantitative estimate of drug-likeness (QED) is 0.495. The van der Waals surface area contributed by atoms with Crippen LogP contribution in [0, 0.1) is 6.92 Å². The molecular formula is C23H20N6O. The van der Waals surface area contributed by atoms with Gasteiger partial charge in [-0.05, 0) is 30.7 Å². The fraction of sp³-hybridized carbons (Fsp3) is 0.0870. The predicted octanol–water partition coefficient (Wildman–Crippen LogP) is 3.50. The summed E-state index contributed by atoms with van der Waals surface area (Å²) in [6, 6.07) is 16.7. The van der Waals surface area contributed by atoms with Crippen LogP contribution in [0.25, 0.3) is 22.5 Å². The summed E-state index contributed by atoms with van der Waals surface area (Å²) < 4.78 is 0. The van der Waals surface area contributed by atoms with Crippen LogP contribution in [0.5, 0.6) is 0 Å². The fourth-order valence-electron chi connectivity index (χ4n) is 3.27. The van der Waals surface area contributed by atoms with Gasteiger partial charge < -0.3 is 11.5 Å². The number of hydrogen-bond donors (Lipinski definition) is 2. The van der Waals surface area contributed by atoms with Gasteiger partial charge in [-0.25, -0.2) is 15.0 Å². The van der Waals surface area contributed by atoms with E-state index < -0.39 is 0 Å². The molecule has 3 aromatic heterocycles. The van der Waals surface area contributed by atoms with Gasteiger partial charge in [0.2, 0.25) is 0 Å². The lowest BCUT2D eigenvalue weighted by Crippen LogP contribution is -2.11. The van der Waals surface area contributed by atoms with Crippen LogP contribution in [0.2, 0.25) is 0 Å². The van der Waals surface area contributed by atoms with Crippen molar-refractivity contribution in [1.82, 2.24) is 19.9 Å². The van der Waals surface area contributed by atoms with Gasteiger partial charge in [-0.1, -0.05) is 30.3 Å². The third kappa shape index (κ3) is 4.00. The summed E-state index contributed by atoms with van der Waals surface area (Å²) in [5, 5.41) is 0. The minimum atomic E-state index is -0.196. The average Bonchev–Trinajstić information content (AvgIpc) is 2.74. The van der Waals surface area contributed by atoms with Gasteiger partial charge in [0.15, 0.2) is 5.78 Å². The van der Waals surface area contributed by atoms with Crippen molar-refractivity contribution in [2.24, 2.45) is 0 Å². The van der Waals surface area contributed by atoms with Crippen molar-refractivity contribution in [1.29, 1.82) is 0 Å². The molecule has 148 valence electrons. The normalized spacial score (nSPS) is 10.7. The lowest BCUT2D eigenvalue weighted by atomic mass is 9.99. The molecule has 7 heteroatoms. The Bertz CT molecular complexity index is 1200. The van der Waals surface area contributed by atoms with Crippen molar-refractivity contribution in [3.63, 3.8) is 0 Å². The van der Waals surface area contributed by atoms with Crippen LogP contribution in [0.1, 0.15) is 21.9 Å². The Morgan fingerprint density at radius 1 is 0.933 bits per heavy atom. The van der Waals surface area contributed by atoms with E-state index in [4.69, 9.17) is 11.5 Å². The number of carbonyl (C=O) groups excluding carboxylic acids is 1. The highest BCUT2D eigenvalue weighted by molar-refractivity contribution is 6.01. The maximum Gasteiger partial charge on any atom is 0.187 e. The Labute approximate surface area is 173 Å². The summed E-state index contributed by atoms with van der Waals surface area (Å²) in [5.41, 5.74) is 16.3. The first-order chi connectivity index (χ1) is 14.5. The number of pyridine rings is 2. The minimum Gasteiger partial charge on any atom is -0.397 e. The molecule has 0 saturated heterocycles. The summed E-state index contributed by atoms with van der Waals surface area (Å²) in [6.45, 7) is 1.77. The Kier molecular flexibility index (Phi) is 5.17. The Morgan fingerprint density at radius 3 is 2.50 bits per heavy atom. The fourth-order valence-corrected chi connectivity index (χ4v) is 3.27. The number of carbonyl (C=O) groups is 1. The summed E-state index contributed by atoms with van der Waals surface area (Å²) in [5.74, 6) is 0.729. The average molecular weight is 396 g/mol. The van der Waals surface area contributed by atoms with E-state index in [2.05, 4.69) is 19.9 Å². The van der Waals surface area contributed by atoms with E-state index in [1.165, 1.54) is 0 Å². The van der Waals surface area contributed by atoms with Gasteiger partial charge in [-0.15, -0.1) is 0 Å². The number of nitrogens with two attached hydrogens (primary N) is 2. The number of anilines is 2. The van der Waals surface area contributed by atoms with Crippen LogP contribution in [0.15, 0.2) is 67.0 Å².